The van der Waals surface area contributed by atoms with Gasteiger partial charge in [-0.25, -0.2) is 9.67 Å². The largest absolute Gasteiger partial charge is 0.467 e. The molecule has 2 aliphatic carbocycles. The number of nitrogens with zero attached hydrogens (tertiary/aromatic N) is 3. The second kappa shape index (κ2) is 7.05. The molecule has 0 spiro atoms. The Balaban J connectivity index is 1.37. The molecule has 5 rings (SSSR count). The van der Waals surface area contributed by atoms with E-state index < -0.39 is 0 Å². The molecule has 3 aromatic rings. The van der Waals surface area contributed by atoms with Crippen LogP contribution in [0.3, 0.4) is 0 Å². The number of rotatable bonds is 6. The molecule has 1 N–H and O–H groups in total. The number of carbonyl (C=O) groups excluding carboxylic acids is 1. The zero-order valence-electron chi connectivity index (χ0n) is 15.7. The predicted octanol–water partition coefficient (Wildman–Crippen LogP) is 4.13. The molecular weight excluding hydrogens is 372 g/mol. The van der Waals surface area contributed by atoms with E-state index in [1.807, 2.05) is 42.2 Å². The molecule has 144 valence electrons. The molecule has 0 atom stereocenters. The highest BCUT2D eigenvalue weighted by Crippen LogP contribution is 2.31. The topological polar surface area (TPSA) is 69.0 Å². The molecule has 1 aromatic carbocycles. The smallest absolute Gasteiger partial charge is 0.275 e. The quantitative estimate of drug-likeness (QED) is 0.683. The van der Waals surface area contributed by atoms with Gasteiger partial charge in [0.15, 0.2) is 0 Å². The summed E-state index contributed by atoms with van der Waals surface area (Å²) in [6.07, 6.45) is 11.6. The first kappa shape index (κ1) is 17.4. The maximum Gasteiger partial charge on any atom is 0.275 e. The lowest BCUT2D eigenvalue weighted by Gasteiger charge is -2.24. The molecule has 2 fully saturated rings. The first-order valence-corrected chi connectivity index (χ1v) is 10.6. The Morgan fingerprint density at radius 3 is 2.86 bits per heavy atom. The highest BCUT2D eigenvalue weighted by molar-refractivity contribution is 7.15. The van der Waals surface area contributed by atoms with Crippen LogP contribution < -0.4 is 10.1 Å². The molecule has 2 aromatic heterocycles. The van der Waals surface area contributed by atoms with Gasteiger partial charge in [-0.1, -0.05) is 17.4 Å². The van der Waals surface area contributed by atoms with E-state index in [2.05, 4.69) is 15.4 Å². The third-order valence-corrected chi connectivity index (χ3v) is 6.20. The number of nitrogens with one attached hydrogen (secondary N) is 1. The first-order valence-electron chi connectivity index (χ1n) is 9.75. The van der Waals surface area contributed by atoms with Gasteiger partial charge in [-0.3, -0.25) is 4.79 Å². The number of carbonyl (C=O) groups is 1. The maximum atomic E-state index is 12.4. The van der Waals surface area contributed by atoms with Crippen molar-refractivity contribution in [3.63, 3.8) is 0 Å². The molecule has 1 amide bonds. The molecule has 2 saturated carbocycles. The van der Waals surface area contributed by atoms with Crippen LogP contribution in [0.2, 0.25) is 0 Å². The summed E-state index contributed by atoms with van der Waals surface area (Å²) < 4.78 is 7.68. The Kier molecular flexibility index (Phi) is 4.39. The van der Waals surface area contributed by atoms with Crippen LogP contribution in [-0.2, 0) is 0 Å². The Bertz CT molecular complexity index is 1020. The third kappa shape index (κ3) is 3.54. The van der Waals surface area contributed by atoms with Crippen molar-refractivity contribution in [3.8, 4) is 21.3 Å². The van der Waals surface area contributed by atoms with Gasteiger partial charge in [0.25, 0.3) is 11.1 Å². The van der Waals surface area contributed by atoms with Crippen LogP contribution >= 0.6 is 11.3 Å². The second-order valence-corrected chi connectivity index (χ2v) is 8.56. The summed E-state index contributed by atoms with van der Waals surface area (Å²) in [5.41, 5.74) is 3.80. The van der Waals surface area contributed by atoms with Crippen LogP contribution in [-0.4, -0.2) is 32.8 Å². The van der Waals surface area contributed by atoms with Crippen molar-refractivity contribution in [2.24, 2.45) is 0 Å². The molecule has 0 radical (unpaired) electrons. The summed E-state index contributed by atoms with van der Waals surface area (Å²) in [4.78, 5) is 16.8. The minimum absolute atomic E-state index is 0.00335. The molecule has 0 saturated heterocycles. The second-order valence-electron chi connectivity index (χ2n) is 7.59. The van der Waals surface area contributed by atoms with Gasteiger partial charge in [0.1, 0.15) is 11.1 Å². The van der Waals surface area contributed by atoms with Gasteiger partial charge in [0.2, 0.25) is 0 Å². The Hall–Kier alpha value is -2.67. The van der Waals surface area contributed by atoms with Gasteiger partial charge in [0.05, 0.1) is 12.4 Å². The number of benzene rings is 1. The van der Waals surface area contributed by atoms with Gasteiger partial charge >= 0.3 is 0 Å². The molecule has 0 unspecified atom stereocenters. The van der Waals surface area contributed by atoms with Crippen LogP contribution in [0.15, 0.2) is 36.8 Å². The number of aryl methyl sites for hydroxylation is 1. The fourth-order valence-corrected chi connectivity index (χ4v) is 3.96. The molecule has 2 heterocycles. The Morgan fingerprint density at radius 2 is 2.11 bits per heavy atom. The molecular formula is C21H22N4O2S. The van der Waals surface area contributed by atoms with Crippen LogP contribution in [0.4, 0.5) is 0 Å². The van der Waals surface area contributed by atoms with E-state index in [0.717, 1.165) is 47.4 Å². The summed E-state index contributed by atoms with van der Waals surface area (Å²) in [5, 5.41) is 9.16. The van der Waals surface area contributed by atoms with Crippen molar-refractivity contribution in [2.75, 3.05) is 0 Å². The Morgan fingerprint density at radius 1 is 1.25 bits per heavy atom. The molecule has 0 aliphatic heterocycles. The monoisotopic (exact) mass is 394 g/mol. The number of aromatic nitrogens is 3. The van der Waals surface area contributed by atoms with Crippen LogP contribution in [0, 0.1) is 6.92 Å². The van der Waals surface area contributed by atoms with E-state index in [0.29, 0.717) is 22.9 Å². The lowest BCUT2D eigenvalue weighted by Crippen LogP contribution is -2.25. The fourth-order valence-electron chi connectivity index (χ4n) is 3.19. The van der Waals surface area contributed by atoms with Crippen molar-refractivity contribution in [1.82, 2.24) is 20.1 Å². The fraction of sp³-hybridized carbons (Fsp3) is 0.381. The maximum absolute atomic E-state index is 12.4. The van der Waals surface area contributed by atoms with E-state index >= 15 is 0 Å². The van der Waals surface area contributed by atoms with Crippen molar-refractivity contribution in [2.45, 2.75) is 51.2 Å². The van der Waals surface area contributed by atoms with E-state index in [1.165, 1.54) is 17.8 Å². The van der Waals surface area contributed by atoms with Crippen molar-refractivity contribution < 1.29 is 9.53 Å². The number of hydrogen-bond donors (Lipinski definition) is 1. The highest BCUT2D eigenvalue weighted by Gasteiger charge is 2.24. The molecule has 28 heavy (non-hydrogen) atoms. The minimum atomic E-state index is -0.00335. The van der Waals surface area contributed by atoms with Crippen LogP contribution in [0.25, 0.3) is 16.1 Å². The van der Waals surface area contributed by atoms with Crippen molar-refractivity contribution in [3.05, 3.63) is 47.9 Å². The van der Waals surface area contributed by atoms with E-state index in [4.69, 9.17) is 4.74 Å². The molecule has 6 nitrogen and oxygen atoms in total. The van der Waals surface area contributed by atoms with Gasteiger partial charge < -0.3 is 10.1 Å². The highest BCUT2D eigenvalue weighted by atomic mass is 32.1. The zero-order chi connectivity index (χ0) is 19.1. The first-order chi connectivity index (χ1) is 13.7. The third-order valence-electron chi connectivity index (χ3n) is 5.32. The van der Waals surface area contributed by atoms with Crippen LogP contribution in [0.5, 0.6) is 5.19 Å². The number of ether oxygens (including phenoxy) is 1. The zero-order valence-corrected chi connectivity index (χ0v) is 16.5. The SMILES string of the molecule is Cc1ccc(C(=O)NC2CC2)cc1-c1cnn(-c2cnc(OC3CCC3)s2)c1. The molecule has 2 aliphatic rings. The number of thiazole rings is 1. The van der Waals surface area contributed by atoms with Crippen molar-refractivity contribution >= 4 is 17.2 Å². The summed E-state index contributed by atoms with van der Waals surface area (Å²) in [7, 11) is 0. The van der Waals surface area contributed by atoms with Crippen LogP contribution in [0.1, 0.15) is 48.0 Å². The Labute approximate surface area is 167 Å². The van der Waals surface area contributed by atoms with Gasteiger partial charge in [0, 0.05) is 23.4 Å². The van der Waals surface area contributed by atoms with E-state index in [9.17, 15) is 4.79 Å². The van der Waals surface area contributed by atoms with Gasteiger partial charge in [-0.15, -0.1) is 0 Å². The molecule has 7 heteroatoms. The summed E-state index contributed by atoms with van der Waals surface area (Å²) in [6, 6.07) is 6.18. The number of hydrogen-bond acceptors (Lipinski definition) is 5. The normalized spacial score (nSPS) is 16.6. The standard InChI is InChI=1S/C21H22N4O2S/c1-13-5-6-14(20(26)24-16-7-8-16)9-18(13)15-10-23-25(12-15)19-11-22-21(28-19)27-17-3-2-4-17/h5-6,9-12,16-17H,2-4,7-8H2,1H3,(H,24,26). The number of amides is 1. The predicted molar refractivity (Wildman–Crippen MR) is 108 cm³/mol. The van der Waals surface area contributed by atoms with Gasteiger partial charge in [-0.2, -0.15) is 5.10 Å². The average Bonchev–Trinajstić information content (AvgIpc) is 3.15. The van der Waals surface area contributed by atoms with E-state index in [-0.39, 0.29) is 5.91 Å². The minimum Gasteiger partial charge on any atom is -0.467 e. The summed E-state index contributed by atoms with van der Waals surface area (Å²) in [6.45, 7) is 2.05. The average molecular weight is 395 g/mol. The lowest BCUT2D eigenvalue weighted by atomic mass is 9.96. The van der Waals surface area contributed by atoms with E-state index in [1.54, 1.807) is 6.20 Å². The molecule has 0 bridgehead atoms. The summed E-state index contributed by atoms with van der Waals surface area (Å²) >= 11 is 1.50. The van der Waals surface area contributed by atoms with Crippen molar-refractivity contribution in [1.29, 1.82) is 0 Å². The lowest BCUT2D eigenvalue weighted by molar-refractivity contribution is 0.0951. The summed E-state index contributed by atoms with van der Waals surface area (Å²) in [5.74, 6) is -0.00335. The van der Waals surface area contributed by atoms with Gasteiger partial charge in [-0.05, 0) is 62.3 Å².